The van der Waals surface area contributed by atoms with Gasteiger partial charge in [0.2, 0.25) is 0 Å². The van der Waals surface area contributed by atoms with Gasteiger partial charge in [0.15, 0.2) is 0 Å². The maximum atomic E-state index is 9.57. The molecule has 24 heavy (non-hydrogen) atoms. The first-order chi connectivity index (χ1) is 11.7. The topological polar surface area (TPSA) is 61.7 Å². The number of rotatable bonds is 2. The van der Waals surface area contributed by atoms with Gasteiger partial charge in [0, 0.05) is 5.56 Å². The van der Waals surface area contributed by atoms with E-state index in [1.165, 1.54) is 0 Å². The maximum Gasteiger partial charge on any atom is 0.149 e. The number of nitriles is 1. The molecule has 116 valence electrons. The molecule has 0 saturated heterocycles. The summed E-state index contributed by atoms with van der Waals surface area (Å²) in [6.45, 7) is 1.98. The lowest BCUT2D eigenvalue weighted by Crippen LogP contribution is -2.17. The second-order valence-electron chi connectivity index (χ2n) is 5.71. The summed E-state index contributed by atoms with van der Waals surface area (Å²) in [5, 5.41) is 9.57. The van der Waals surface area contributed by atoms with Gasteiger partial charge in [-0.25, -0.2) is 4.98 Å². The molecule has 4 heteroatoms. The smallest absolute Gasteiger partial charge is 0.149 e. The van der Waals surface area contributed by atoms with E-state index in [1.54, 1.807) is 0 Å². The summed E-state index contributed by atoms with van der Waals surface area (Å²) in [6.07, 6.45) is 3.79. The number of benzene rings is 2. The lowest BCUT2D eigenvalue weighted by Gasteiger charge is -2.22. The van der Waals surface area contributed by atoms with Crippen LogP contribution < -0.4 is 4.74 Å². The Hall–Kier alpha value is -3.32. The Labute approximate surface area is 139 Å². The summed E-state index contributed by atoms with van der Waals surface area (Å²) in [7, 11) is 0. The van der Waals surface area contributed by atoms with E-state index in [-0.39, 0.29) is 6.10 Å². The molecule has 1 N–H and O–H groups in total. The molecule has 1 aromatic heterocycles. The van der Waals surface area contributed by atoms with Gasteiger partial charge in [-0.3, -0.25) is 0 Å². The standard InChI is InChI=1S/C20H15N3O/c1-13-15(10-14-6-2-5-9-19(14)24-13)11-16(12-21)20-22-17-7-3-4-8-18(17)23-20/h2-11,13H,1H3,(H,22,23)/b16-11+. The number of aromatic nitrogens is 2. The van der Waals surface area contributed by atoms with Crippen molar-refractivity contribution in [3.05, 3.63) is 71.6 Å². The van der Waals surface area contributed by atoms with Crippen molar-refractivity contribution in [1.29, 1.82) is 5.26 Å². The fraction of sp³-hybridized carbons (Fsp3) is 0.100. The van der Waals surface area contributed by atoms with Crippen LogP contribution >= 0.6 is 0 Å². The first kappa shape index (κ1) is 14.3. The Morgan fingerprint density at radius 2 is 2.00 bits per heavy atom. The van der Waals surface area contributed by atoms with Gasteiger partial charge in [-0.05, 0) is 42.8 Å². The highest BCUT2D eigenvalue weighted by atomic mass is 16.5. The zero-order valence-corrected chi connectivity index (χ0v) is 13.2. The quantitative estimate of drug-likeness (QED) is 0.716. The van der Waals surface area contributed by atoms with Crippen LogP contribution in [0.1, 0.15) is 18.3 Å². The van der Waals surface area contributed by atoms with Crippen molar-refractivity contribution in [1.82, 2.24) is 9.97 Å². The van der Waals surface area contributed by atoms with Gasteiger partial charge >= 0.3 is 0 Å². The van der Waals surface area contributed by atoms with Crippen molar-refractivity contribution in [2.75, 3.05) is 0 Å². The molecule has 2 heterocycles. The van der Waals surface area contributed by atoms with E-state index in [0.29, 0.717) is 11.4 Å². The average molecular weight is 313 g/mol. The molecule has 0 amide bonds. The van der Waals surface area contributed by atoms with E-state index >= 15 is 0 Å². The molecule has 0 aliphatic carbocycles. The van der Waals surface area contributed by atoms with Crippen molar-refractivity contribution in [3.8, 4) is 11.8 Å². The number of ether oxygens (including phenoxy) is 1. The molecule has 0 saturated carbocycles. The summed E-state index contributed by atoms with van der Waals surface area (Å²) < 4.78 is 5.93. The number of aromatic amines is 1. The van der Waals surface area contributed by atoms with Gasteiger partial charge < -0.3 is 9.72 Å². The molecular formula is C20H15N3O. The molecule has 0 spiro atoms. The maximum absolute atomic E-state index is 9.57. The molecule has 2 aromatic carbocycles. The van der Waals surface area contributed by atoms with Crippen molar-refractivity contribution >= 4 is 22.7 Å². The van der Waals surface area contributed by atoms with E-state index in [4.69, 9.17) is 4.74 Å². The third kappa shape index (κ3) is 2.46. The second kappa shape index (κ2) is 5.71. The predicted molar refractivity (Wildman–Crippen MR) is 94.2 cm³/mol. The highest BCUT2D eigenvalue weighted by molar-refractivity contribution is 5.84. The highest BCUT2D eigenvalue weighted by Gasteiger charge is 2.18. The molecule has 4 rings (SSSR count). The minimum atomic E-state index is -0.118. The lowest BCUT2D eigenvalue weighted by molar-refractivity contribution is 0.257. The molecule has 3 aromatic rings. The number of hydrogen-bond acceptors (Lipinski definition) is 3. The fourth-order valence-electron chi connectivity index (χ4n) is 2.82. The van der Waals surface area contributed by atoms with Crippen LogP contribution in [0, 0.1) is 11.3 Å². The van der Waals surface area contributed by atoms with Crippen LogP contribution in [0.5, 0.6) is 5.75 Å². The summed E-state index contributed by atoms with van der Waals surface area (Å²) in [5.41, 5.74) is 4.23. The number of nitrogens with zero attached hydrogens (tertiary/aromatic N) is 2. The largest absolute Gasteiger partial charge is 0.485 e. The van der Waals surface area contributed by atoms with Crippen LogP contribution in [0.15, 0.2) is 60.2 Å². The summed E-state index contributed by atoms with van der Waals surface area (Å²) in [6, 6.07) is 17.9. The Bertz CT molecular complexity index is 988. The average Bonchev–Trinajstić information content (AvgIpc) is 3.03. The monoisotopic (exact) mass is 313 g/mol. The SMILES string of the molecule is CC1Oc2ccccc2C=C1/C=C(\C#N)c1nc2ccccc2[nH]1. The Kier molecular flexibility index (Phi) is 3.40. The number of imidazole rings is 1. The van der Waals surface area contributed by atoms with Crippen LogP contribution in [0.2, 0.25) is 0 Å². The highest BCUT2D eigenvalue weighted by Crippen LogP contribution is 2.31. The van der Waals surface area contributed by atoms with Gasteiger partial charge in [0.25, 0.3) is 0 Å². The van der Waals surface area contributed by atoms with Gasteiger partial charge in [-0.15, -0.1) is 0 Å². The minimum absolute atomic E-state index is 0.118. The molecule has 0 bridgehead atoms. The molecule has 1 aliphatic rings. The van der Waals surface area contributed by atoms with Crippen LogP contribution in [0.3, 0.4) is 0 Å². The zero-order chi connectivity index (χ0) is 16.5. The number of H-pyrrole nitrogens is 1. The van der Waals surface area contributed by atoms with E-state index in [1.807, 2.05) is 61.5 Å². The van der Waals surface area contributed by atoms with Gasteiger partial charge in [0.1, 0.15) is 23.7 Å². The predicted octanol–water partition coefficient (Wildman–Crippen LogP) is 4.33. The molecular weight excluding hydrogens is 298 g/mol. The van der Waals surface area contributed by atoms with Crippen molar-refractivity contribution in [3.63, 3.8) is 0 Å². The van der Waals surface area contributed by atoms with Crippen LogP contribution in [-0.4, -0.2) is 16.1 Å². The number of nitrogens with one attached hydrogen (secondary N) is 1. The van der Waals surface area contributed by atoms with Gasteiger partial charge in [-0.2, -0.15) is 5.26 Å². The fourth-order valence-corrected chi connectivity index (χ4v) is 2.82. The third-order valence-electron chi connectivity index (χ3n) is 4.09. The summed E-state index contributed by atoms with van der Waals surface area (Å²) in [5.74, 6) is 1.44. The lowest BCUT2D eigenvalue weighted by atomic mass is 10.0. The van der Waals surface area contributed by atoms with E-state index in [9.17, 15) is 5.26 Å². The van der Waals surface area contributed by atoms with Crippen molar-refractivity contribution < 1.29 is 4.74 Å². The minimum Gasteiger partial charge on any atom is -0.485 e. The molecule has 0 radical (unpaired) electrons. The molecule has 1 aliphatic heterocycles. The number of allylic oxidation sites excluding steroid dienone is 1. The number of fused-ring (bicyclic) bond motifs is 2. The first-order valence-electron chi connectivity index (χ1n) is 7.79. The second-order valence-corrected chi connectivity index (χ2v) is 5.71. The van der Waals surface area contributed by atoms with Gasteiger partial charge in [0.05, 0.1) is 16.6 Å². The van der Waals surface area contributed by atoms with Gasteiger partial charge in [-0.1, -0.05) is 30.3 Å². The van der Waals surface area contributed by atoms with Crippen LogP contribution in [0.25, 0.3) is 22.7 Å². The Balaban J connectivity index is 1.78. The van der Waals surface area contributed by atoms with Crippen molar-refractivity contribution in [2.45, 2.75) is 13.0 Å². The normalized spacial score (nSPS) is 16.9. The molecule has 1 unspecified atom stereocenters. The van der Waals surface area contributed by atoms with E-state index in [2.05, 4.69) is 22.1 Å². The van der Waals surface area contributed by atoms with E-state index in [0.717, 1.165) is 27.9 Å². The number of hydrogen-bond donors (Lipinski definition) is 1. The van der Waals surface area contributed by atoms with Crippen molar-refractivity contribution in [2.24, 2.45) is 0 Å². The molecule has 0 fully saturated rings. The number of para-hydroxylation sites is 3. The molecule has 4 nitrogen and oxygen atoms in total. The first-order valence-corrected chi connectivity index (χ1v) is 7.79. The molecule has 1 atom stereocenters. The summed E-state index contributed by atoms with van der Waals surface area (Å²) in [4.78, 5) is 7.70. The van der Waals surface area contributed by atoms with Crippen LogP contribution in [0.4, 0.5) is 0 Å². The summed E-state index contributed by atoms with van der Waals surface area (Å²) >= 11 is 0. The zero-order valence-electron chi connectivity index (χ0n) is 13.2. The Morgan fingerprint density at radius 1 is 1.21 bits per heavy atom. The third-order valence-corrected chi connectivity index (χ3v) is 4.09. The Morgan fingerprint density at radius 3 is 2.83 bits per heavy atom. The van der Waals surface area contributed by atoms with E-state index < -0.39 is 0 Å². The van der Waals surface area contributed by atoms with Crippen LogP contribution in [-0.2, 0) is 0 Å².